The van der Waals surface area contributed by atoms with Crippen molar-refractivity contribution in [3.8, 4) is 0 Å². The van der Waals surface area contributed by atoms with Gasteiger partial charge < -0.3 is 9.47 Å². The fourth-order valence-electron chi connectivity index (χ4n) is 3.42. The summed E-state index contributed by atoms with van der Waals surface area (Å²) in [7, 11) is 0.0542. The molecule has 2 aliphatic heterocycles. The standard InChI is InChI=1S/C13H24O2Si/c1-2-7-14-13(3-1)16-8-6-10-4-5-11-12(9-10)15-11/h10-13H,1-9,16H2. The number of hydrogen-bond acceptors (Lipinski definition) is 2. The van der Waals surface area contributed by atoms with Crippen LogP contribution in [0.25, 0.3) is 0 Å². The number of epoxide rings is 1. The first-order chi connectivity index (χ1) is 7.92. The SMILES string of the molecule is C1CCC([SiH2]CCC2CCC3OC3C2)OC1. The first-order valence-electron chi connectivity index (χ1n) is 7.19. The zero-order valence-corrected chi connectivity index (χ0v) is 11.6. The molecule has 16 heavy (non-hydrogen) atoms. The molecule has 1 saturated carbocycles. The number of hydrogen-bond donors (Lipinski definition) is 0. The molecule has 0 spiro atoms. The van der Waals surface area contributed by atoms with E-state index < -0.39 is 0 Å². The molecule has 0 aromatic heterocycles. The Morgan fingerprint density at radius 2 is 2.06 bits per heavy atom. The van der Waals surface area contributed by atoms with Crippen LogP contribution in [0.15, 0.2) is 0 Å². The van der Waals surface area contributed by atoms with Crippen molar-refractivity contribution in [1.29, 1.82) is 0 Å². The maximum absolute atomic E-state index is 5.83. The predicted octanol–water partition coefficient (Wildman–Crippen LogP) is 2.06. The molecule has 0 amide bonds. The van der Waals surface area contributed by atoms with Crippen molar-refractivity contribution in [3.05, 3.63) is 0 Å². The van der Waals surface area contributed by atoms with Gasteiger partial charge in [-0.05, 0) is 44.4 Å². The Hall–Kier alpha value is 0.137. The van der Waals surface area contributed by atoms with Crippen LogP contribution in [0.3, 0.4) is 0 Å². The summed E-state index contributed by atoms with van der Waals surface area (Å²) in [6, 6.07) is 1.51. The predicted molar refractivity (Wildman–Crippen MR) is 67.6 cm³/mol. The van der Waals surface area contributed by atoms with Crippen molar-refractivity contribution < 1.29 is 9.47 Å². The highest BCUT2D eigenvalue weighted by Gasteiger charge is 2.43. The first-order valence-corrected chi connectivity index (χ1v) is 9.00. The monoisotopic (exact) mass is 240 g/mol. The van der Waals surface area contributed by atoms with Gasteiger partial charge in [-0.15, -0.1) is 0 Å². The molecule has 3 fully saturated rings. The quantitative estimate of drug-likeness (QED) is 0.554. The van der Waals surface area contributed by atoms with E-state index in [0.29, 0.717) is 12.2 Å². The molecule has 3 heteroatoms. The lowest BCUT2D eigenvalue weighted by molar-refractivity contribution is 0.0648. The zero-order chi connectivity index (χ0) is 10.8. The highest BCUT2D eigenvalue weighted by molar-refractivity contribution is 6.37. The lowest BCUT2D eigenvalue weighted by atomic mass is 9.88. The molecule has 2 saturated heterocycles. The van der Waals surface area contributed by atoms with Crippen molar-refractivity contribution in [3.63, 3.8) is 0 Å². The minimum atomic E-state index is 0.0542. The van der Waals surface area contributed by atoms with Gasteiger partial charge in [0.05, 0.1) is 21.7 Å². The summed E-state index contributed by atoms with van der Waals surface area (Å²) < 4.78 is 11.4. The van der Waals surface area contributed by atoms with Gasteiger partial charge in [0.1, 0.15) is 0 Å². The highest BCUT2D eigenvalue weighted by Crippen LogP contribution is 2.41. The third kappa shape index (κ3) is 2.87. The normalized spacial score (nSPS) is 43.5. The number of ether oxygens (including phenoxy) is 2. The summed E-state index contributed by atoms with van der Waals surface area (Å²) in [6.45, 7) is 1.04. The van der Waals surface area contributed by atoms with Crippen LogP contribution < -0.4 is 0 Å². The molecule has 0 radical (unpaired) electrons. The van der Waals surface area contributed by atoms with E-state index in [2.05, 4.69) is 0 Å². The van der Waals surface area contributed by atoms with Gasteiger partial charge in [-0.2, -0.15) is 0 Å². The van der Waals surface area contributed by atoms with Crippen LogP contribution in [0.1, 0.15) is 44.9 Å². The van der Waals surface area contributed by atoms with Gasteiger partial charge in [0.15, 0.2) is 0 Å². The molecular formula is C13H24O2Si. The Balaban J connectivity index is 1.30. The van der Waals surface area contributed by atoms with Gasteiger partial charge in [0.2, 0.25) is 0 Å². The summed E-state index contributed by atoms with van der Waals surface area (Å²) in [5, 5.41) is 0. The third-order valence-electron chi connectivity index (χ3n) is 4.53. The molecule has 0 aromatic carbocycles. The van der Waals surface area contributed by atoms with Gasteiger partial charge in [-0.25, -0.2) is 0 Å². The van der Waals surface area contributed by atoms with Crippen LogP contribution in [0, 0.1) is 5.92 Å². The molecule has 0 bridgehead atoms. The molecular weight excluding hydrogens is 216 g/mol. The van der Waals surface area contributed by atoms with Gasteiger partial charge in [-0.1, -0.05) is 12.5 Å². The molecule has 2 heterocycles. The second-order valence-electron chi connectivity index (χ2n) is 5.81. The minimum absolute atomic E-state index is 0.0542. The Labute approximate surface area is 101 Å². The van der Waals surface area contributed by atoms with Crippen LogP contribution in [-0.2, 0) is 9.47 Å². The molecule has 4 atom stereocenters. The summed E-state index contributed by atoms with van der Waals surface area (Å²) in [6.07, 6.45) is 11.0. The molecule has 4 unspecified atom stereocenters. The van der Waals surface area contributed by atoms with E-state index in [1.165, 1.54) is 51.0 Å². The summed E-state index contributed by atoms with van der Waals surface area (Å²) in [5.74, 6) is 0.986. The molecule has 0 aromatic rings. The van der Waals surface area contributed by atoms with E-state index in [1.54, 1.807) is 0 Å². The molecule has 92 valence electrons. The highest BCUT2D eigenvalue weighted by atomic mass is 28.2. The second-order valence-corrected chi connectivity index (χ2v) is 8.01. The summed E-state index contributed by atoms with van der Waals surface area (Å²) >= 11 is 0. The molecule has 3 rings (SSSR count). The van der Waals surface area contributed by atoms with E-state index in [-0.39, 0.29) is 9.52 Å². The molecule has 3 aliphatic rings. The molecule has 0 N–H and O–H groups in total. The minimum Gasteiger partial charge on any atom is -0.382 e. The molecule has 2 nitrogen and oxygen atoms in total. The van der Waals surface area contributed by atoms with Crippen molar-refractivity contribution >= 4 is 9.52 Å². The van der Waals surface area contributed by atoms with E-state index in [9.17, 15) is 0 Å². The van der Waals surface area contributed by atoms with Gasteiger partial charge in [-0.3, -0.25) is 0 Å². The second kappa shape index (κ2) is 5.19. The average Bonchev–Trinajstić information content (AvgIpc) is 3.09. The Morgan fingerprint density at radius 3 is 2.88 bits per heavy atom. The lowest BCUT2D eigenvalue weighted by Crippen LogP contribution is -2.26. The van der Waals surface area contributed by atoms with E-state index in [1.807, 2.05) is 0 Å². The van der Waals surface area contributed by atoms with Gasteiger partial charge in [0.25, 0.3) is 0 Å². The van der Waals surface area contributed by atoms with E-state index in [4.69, 9.17) is 9.47 Å². The number of fused-ring (bicyclic) bond motifs is 1. The van der Waals surface area contributed by atoms with Crippen LogP contribution in [-0.4, -0.2) is 34.1 Å². The third-order valence-corrected chi connectivity index (χ3v) is 6.63. The van der Waals surface area contributed by atoms with Gasteiger partial charge in [0, 0.05) is 12.3 Å². The maximum atomic E-state index is 5.83. The smallest absolute Gasteiger partial charge is 0.0844 e. The lowest BCUT2D eigenvalue weighted by Gasteiger charge is -2.23. The van der Waals surface area contributed by atoms with Crippen LogP contribution >= 0.6 is 0 Å². The average molecular weight is 240 g/mol. The van der Waals surface area contributed by atoms with Crippen molar-refractivity contribution in [2.45, 2.75) is 68.9 Å². The summed E-state index contributed by atoms with van der Waals surface area (Å²) in [4.78, 5) is 0. The Morgan fingerprint density at radius 1 is 1.06 bits per heavy atom. The fourth-order valence-corrected chi connectivity index (χ4v) is 5.60. The summed E-state index contributed by atoms with van der Waals surface area (Å²) in [5.41, 5.74) is 0.724. The first kappa shape index (κ1) is 11.2. The zero-order valence-electron chi connectivity index (χ0n) is 10.2. The van der Waals surface area contributed by atoms with Crippen LogP contribution in [0.2, 0.25) is 6.04 Å². The van der Waals surface area contributed by atoms with Crippen molar-refractivity contribution in [2.24, 2.45) is 5.92 Å². The van der Waals surface area contributed by atoms with Crippen molar-refractivity contribution in [1.82, 2.24) is 0 Å². The van der Waals surface area contributed by atoms with Crippen molar-refractivity contribution in [2.75, 3.05) is 6.61 Å². The Kier molecular flexibility index (Phi) is 3.65. The van der Waals surface area contributed by atoms with Gasteiger partial charge >= 0.3 is 0 Å². The van der Waals surface area contributed by atoms with E-state index >= 15 is 0 Å². The van der Waals surface area contributed by atoms with E-state index in [0.717, 1.165) is 18.3 Å². The maximum Gasteiger partial charge on any atom is 0.0844 e. The number of rotatable bonds is 4. The fraction of sp³-hybridized carbons (Fsp3) is 1.00. The largest absolute Gasteiger partial charge is 0.382 e. The molecule has 1 aliphatic carbocycles. The topological polar surface area (TPSA) is 21.8 Å². The van der Waals surface area contributed by atoms with Crippen LogP contribution in [0.5, 0.6) is 0 Å². The van der Waals surface area contributed by atoms with Crippen LogP contribution in [0.4, 0.5) is 0 Å². The Bertz CT molecular complexity index is 228.